The standard InChI is InChI=1S/C23H22FN3O5S/c1-31-21-12-11-20(14-22(21)32-2)33(29,30)27(19-9-4-3-5-10-19)16-23(28)26-25-15-17-7-6-8-18(24)13-17/h3-15H,16H2,1-2H3,(H,26,28)/b25-15-. The number of halogens is 1. The monoisotopic (exact) mass is 471 g/mol. The fraction of sp³-hybridized carbons (Fsp3) is 0.130. The third kappa shape index (κ3) is 5.86. The Balaban J connectivity index is 1.87. The largest absolute Gasteiger partial charge is 0.493 e. The van der Waals surface area contributed by atoms with Crippen molar-refractivity contribution in [2.24, 2.45) is 5.10 Å². The highest BCUT2D eigenvalue weighted by Crippen LogP contribution is 2.32. The number of para-hydroxylation sites is 1. The molecule has 1 amide bonds. The highest BCUT2D eigenvalue weighted by atomic mass is 32.2. The van der Waals surface area contributed by atoms with E-state index in [0.29, 0.717) is 11.3 Å². The molecule has 3 rings (SSSR count). The van der Waals surface area contributed by atoms with E-state index in [4.69, 9.17) is 9.47 Å². The number of anilines is 1. The third-order valence-corrected chi connectivity index (χ3v) is 6.30. The Hall–Kier alpha value is -3.92. The number of carbonyl (C=O) groups is 1. The van der Waals surface area contributed by atoms with Crippen molar-refractivity contribution in [2.75, 3.05) is 25.1 Å². The Morgan fingerprint density at radius 1 is 1.00 bits per heavy atom. The summed E-state index contributed by atoms with van der Waals surface area (Å²) in [6, 6.07) is 18.0. The van der Waals surface area contributed by atoms with Gasteiger partial charge in [-0.05, 0) is 42.0 Å². The quantitative estimate of drug-likeness (QED) is 0.382. The van der Waals surface area contributed by atoms with Gasteiger partial charge >= 0.3 is 0 Å². The number of hydrogen-bond donors (Lipinski definition) is 1. The summed E-state index contributed by atoms with van der Waals surface area (Å²) in [5, 5.41) is 3.79. The molecule has 10 heteroatoms. The zero-order valence-corrected chi connectivity index (χ0v) is 18.8. The van der Waals surface area contributed by atoms with Crippen molar-refractivity contribution in [1.82, 2.24) is 5.43 Å². The van der Waals surface area contributed by atoms with Gasteiger partial charge in [-0.15, -0.1) is 0 Å². The number of sulfonamides is 1. The van der Waals surface area contributed by atoms with E-state index in [1.807, 2.05) is 0 Å². The number of ether oxygens (including phenoxy) is 2. The summed E-state index contributed by atoms with van der Waals surface area (Å²) in [7, 11) is -1.32. The average molecular weight is 472 g/mol. The molecule has 0 aromatic heterocycles. The van der Waals surface area contributed by atoms with Gasteiger partial charge in [0.05, 0.1) is 31.0 Å². The lowest BCUT2D eigenvalue weighted by Gasteiger charge is -2.24. The number of methoxy groups -OCH3 is 2. The molecule has 0 fully saturated rings. The average Bonchev–Trinajstić information content (AvgIpc) is 2.82. The van der Waals surface area contributed by atoms with Gasteiger partial charge in [0.15, 0.2) is 11.5 Å². The second-order valence-corrected chi connectivity index (χ2v) is 8.57. The Morgan fingerprint density at radius 2 is 1.73 bits per heavy atom. The van der Waals surface area contributed by atoms with Crippen molar-refractivity contribution >= 4 is 27.8 Å². The van der Waals surface area contributed by atoms with Crippen molar-refractivity contribution in [1.29, 1.82) is 0 Å². The minimum absolute atomic E-state index is 0.0833. The SMILES string of the molecule is COc1ccc(S(=O)(=O)N(CC(=O)N/N=C\c2cccc(F)c2)c2ccccc2)cc1OC. The first kappa shape index (κ1) is 23.7. The number of carbonyl (C=O) groups excluding carboxylic acids is 1. The molecule has 0 aliphatic carbocycles. The Morgan fingerprint density at radius 3 is 2.39 bits per heavy atom. The van der Waals surface area contributed by atoms with Crippen molar-refractivity contribution < 1.29 is 27.1 Å². The van der Waals surface area contributed by atoms with E-state index in [-0.39, 0.29) is 16.3 Å². The van der Waals surface area contributed by atoms with Crippen LogP contribution in [-0.2, 0) is 14.8 Å². The summed E-state index contributed by atoms with van der Waals surface area (Å²) in [5.74, 6) is -0.528. The van der Waals surface area contributed by atoms with Crippen LogP contribution in [0, 0.1) is 5.82 Å². The van der Waals surface area contributed by atoms with Crippen molar-refractivity contribution in [3.05, 3.63) is 84.2 Å². The van der Waals surface area contributed by atoms with Crippen LogP contribution >= 0.6 is 0 Å². The maximum Gasteiger partial charge on any atom is 0.264 e. The highest BCUT2D eigenvalue weighted by molar-refractivity contribution is 7.92. The van der Waals surface area contributed by atoms with E-state index in [1.54, 1.807) is 36.4 Å². The van der Waals surface area contributed by atoms with Gasteiger partial charge in [0.2, 0.25) is 0 Å². The Kier molecular flexibility index (Phi) is 7.62. The first-order valence-corrected chi connectivity index (χ1v) is 11.2. The summed E-state index contributed by atoms with van der Waals surface area (Å²) in [6.45, 7) is -0.540. The second kappa shape index (κ2) is 10.6. The van der Waals surface area contributed by atoms with Crippen molar-refractivity contribution in [2.45, 2.75) is 4.90 Å². The molecule has 3 aromatic carbocycles. The maximum absolute atomic E-state index is 13.4. The van der Waals surface area contributed by atoms with Gasteiger partial charge in [-0.25, -0.2) is 18.2 Å². The zero-order chi connectivity index (χ0) is 23.8. The number of amides is 1. The molecule has 172 valence electrons. The first-order chi connectivity index (χ1) is 15.8. The molecule has 0 saturated heterocycles. The smallest absolute Gasteiger partial charge is 0.264 e. The molecule has 8 nitrogen and oxygen atoms in total. The second-order valence-electron chi connectivity index (χ2n) is 6.71. The predicted molar refractivity (Wildman–Crippen MR) is 123 cm³/mol. The maximum atomic E-state index is 13.4. The van der Waals surface area contributed by atoms with Gasteiger partial charge in [-0.2, -0.15) is 5.10 Å². The molecule has 0 unspecified atom stereocenters. The Labute approximate surface area is 191 Å². The number of nitrogens with one attached hydrogen (secondary N) is 1. The van der Waals surface area contributed by atoms with Crippen molar-refractivity contribution in [3.8, 4) is 11.5 Å². The van der Waals surface area contributed by atoms with E-state index in [9.17, 15) is 17.6 Å². The van der Waals surface area contributed by atoms with Crippen molar-refractivity contribution in [3.63, 3.8) is 0 Å². The van der Waals surface area contributed by atoms with Gasteiger partial charge in [0, 0.05) is 6.07 Å². The van der Waals surface area contributed by atoms with Crippen LogP contribution in [0.5, 0.6) is 11.5 Å². The molecule has 0 aliphatic heterocycles. The van der Waals surface area contributed by atoms with E-state index >= 15 is 0 Å². The van der Waals surface area contributed by atoms with Gasteiger partial charge < -0.3 is 9.47 Å². The van der Waals surface area contributed by atoms with Crippen LogP contribution in [0.3, 0.4) is 0 Å². The number of benzene rings is 3. The lowest BCUT2D eigenvalue weighted by atomic mass is 10.2. The number of rotatable bonds is 9. The van der Waals surface area contributed by atoms with Crippen LogP contribution in [-0.4, -0.2) is 41.3 Å². The topological polar surface area (TPSA) is 97.3 Å². The lowest BCUT2D eigenvalue weighted by molar-refractivity contribution is -0.119. The van der Waals surface area contributed by atoms with E-state index in [1.165, 1.54) is 56.8 Å². The molecule has 0 atom stereocenters. The molecular formula is C23H22FN3O5S. The molecule has 0 aliphatic rings. The van der Waals surface area contributed by atoms with Crippen LogP contribution in [0.1, 0.15) is 5.56 Å². The molecule has 0 saturated carbocycles. The number of nitrogens with zero attached hydrogens (tertiary/aromatic N) is 2. The normalized spacial score (nSPS) is 11.2. The predicted octanol–water partition coefficient (Wildman–Crippen LogP) is 3.19. The highest BCUT2D eigenvalue weighted by Gasteiger charge is 2.28. The summed E-state index contributed by atoms with van der Waals surface area (Å²) in [5.41, 5.74) is 3.00. The molecule has 0 spiro atoms. The van der Waals surface area contributed by atoms with Gasteiger partial charge in [0.25, 0.3) is 15.9 Å². The van der Waals surface area contributed by atoms with E-state index < -0.39 is 28.3 Å². The summed E-state index contributed by atoms with van der Waals surface area (Å²) < 4.78 is 51.5. The Bertz CT molecular complexity index is 1250. The molecule has 0 heterocycles. The van der Waals surface area contributed by atoms with Gasteiger partial charge in [0.1, 0.15) is 12.4 Å². The lowest BCUT2D eigenvalue weighted by Crippen LogP contribution is -2.39. The molecule has 1 N–H and O–H groups in total. The minimum atomic E-state index is -4.15. The first-order valence-electron chi connectivity index (χ1n) is 9.72. The van der Waals surface area contributed by atoms with Crippen LogP contribution < -0.4 is 19.2 Å². The van der Waals surface area contributed by atoms with Crippen LogP contribution in [0.15, 0.2) is 82.8 Å². The summed E-state index contributed by atoms with van der Waals surface area (Å²) in [4.78, 5) is 12.5. The summed E-state index contributed by atoms with van der Waals surface area (Å²) >= 11 is 0. The van der Waals surface area contributed by atoms with Gasteiger partial charge in [-0.3, -0.25) is 9.10 Å². The fourth-order valence-electron chi connectivity index (χ4n) is 2.95. The van der Waals surface area contributed by atoms with Crippen LogP contribution in [0.4, 0.5) is 10.1 Å². The third-order valence-electron chi connectivity index (χ3n) is 4.53. The molecular weight excluding hydrogens is 449 g/mol. The van der Waals surface area contributed by atoms with Crippen LogP contribution in [0.2, 0.25) is 0 Å². The fourth-order valence-corrected chi connectivity index (χ4v) is 4.38. The minimum Gasteiger partial charge on any atom is -0.493 e. The summed E-state index contributed by atoms with van der Waals surface area (Å²) in [6.07, 6.45) is 1.26. The van der Waals surface area contributed by atoms with Crippen LogP contribution in [0.25, 0.3) is 0 Å². The number of hydrogen-bond acceptors (Lipinski definition) is 6. The zero-order valence-electron chi connectivity index (χ0n) is 17.9. The molecule has 3 aromatic rings. The number of hydrazone groups is 1. The van der Waals surface area contributed by atoms with E-state index in [0.717, 1.165) is 4.31 Å². The van der Waals surface area contributed by atoms with Gasteiger partial charge in [-0.1, -0.05) is 30.3 Å². The molecule has 0 bridgehead atoms. The van der Waals surface area contributed by atoms with E-state index in [2.05, 4.69) is 10.5 Å². The molecule has 0 radical (unpaired) electrons. The molecule has 33 heavy (non-hydrogen) atoms.